The van der Waals surface area contributed by atoms with Gasteiger partial charge in [-0.1, -0.05) is 0 Å². The molecular weight excluding hydrogens is 328 g/mol. The Kier molecular flexibility index (Phi) is 4.95. The fourth-order valence-corrected chi connectivity index (χ4v) is 3.90. The Labute approximate surface area is 153 Å². The average molecular weight is 352 g/mol. The van der Waals surface area contributed by atoms with Gasteiger partial charge in [0.25, 0.3) is 5.91 Å². The summed E-state index contributed by atoms with van der Waals surface area (Å²) in [6.07, 6.45) is 8.14. The van der Waals surface area contributed by atoms with Gasteiger partial charge in [0.05, 0.1) is 24.3 Å². The molecule has 0 unspecified atom stereocenters. The first kappa shape index (κ1) is 17.1. The minimum atomic E-state index is 0.0727. The number of fused-ring (bicyclic) bond motifs is 1. The minimum absolute atomic E-state index is 0.0727. The van der Waals surface area contributed by atoms with Crippen molar-refractivity contribution in [1.82, 2.24) is 19.8 Å². The molecule has 4 heterocycles. The maximum atomic E-state index is 13.0. The van der Waals surface area contributed by atoms with Crippen molar-refractivity contribution in [1.29, 1.82) is 0 Å². The highest BCUT2D eigenvalue weighted by atomic mass is 16.5. The molecule has 0 saturated carbocycles. The van der Waals surface area contributed by atoms with Crippen molar-refractivity contribution in [2.24, 2.45) is 0 Å². The van der Waals surface area contributed by atoms with Crippen molar-refractivity contribution in [3.05, 3.63) is 59.7 Å². The Balaban J connectivity index is 1.50. The van der Waals surface area contributed by atoms with Crippen LogP contribution in [0.3, 0.4) is 0 Å². The third-order valence-electron chi connectivity index (χ3n) is 5.39. The highest BCUT2D eigenvalue weighted by Gasteiger charge is 2.38. The number of likely N-dealkylation sites (tertiary alicyclic amines) is 1. The van der Waals surface area contributed by atoms with Gasteiger partial charge in [0, 0.05) is 51.0 Å². The van der Waals surface area contributed by atoms with Crippen molar-refractivity contribution in [2.45, 2.75) is 32.0 Å². The molecule has 2 saturated heterocycles. The first-order valence-electron chi connectivity index (χ1n) is 9.17. The van der Waals surface area contributed by atoms with Crippen molar-refractivity contribution in [3.8, 4) is 0 Å². The number of ether oxygens (including phenoxy) is 1. The number of morpholine rings is 1. The second kappa shape index (κ2) is 7.51. The van der Waals surface area contributed by atoms with Crippen molar-refractivity contribution in [2.75, 3.05) is 26.2 Å². The lowest BCUT2D eigenvalue weighted by Gasteiger charge is -2.47. The Bertz CT molecular complexity index is 767. The quantitative estimate of drug-likeness (QED) is 0.844. The lowest BCUT2D eigenvalue weighted by Crippen LogP contribution is -2.60. The van der Waals surface area contributed by atoms with Gasteiger partial charge in [0.15, 0.2) is 0 Å². The smallest absolute Gasteiger partial charge is 0.255 e. The van der Waals surface area contributed by atoms with Crippen molar-refractivity contribution < 1.29 is 9.53 Å². The molecule has 0 bridgehead atoms. The summed E-state index contributed by atoms with van der Waals surface area (Å²) in [5.74, 6) is 0.0727. The Morgan fingerprint density at radius 3 is 2.81 bits per heavy atom. The molecule has 6 heteroatoms. The zero-order valence-corrected chi connectivity index (χ0v) is 15.0. The van der Waals surface area contributed by atoms with E-state index in [4.69, 9.17) is 4.74 Å². The summed E-state index contributed by atoms with van der Waals surface area (Å²) in [5, 5.41) is 0. The number of pyridine rings is 2. The van der Waals surface area contributed by atoms with E-state index in [1.54, 1.807) is 12.4 Å². The molecule has 0 radical (unpaired) electrons. The van der Waals surface area contributed by atoms with Crippen molar-refractivity contribution >= 4 is 5.91 Å². The van der Waals surface area contributed by atoms with E-state index in [1.165, 1.54) is 5.56 Å². The number of aromatic nitrogens is 2. The van der Waals surface area contributed by atoms with E-state index in [1.807, 2.05) is 30.3 Å². The molecule has 0 spiro atoms. The van der Waals surface area contributed by atoms with Gasteiger partial charge in [-0.25, -0.2) is 0 Å². The number of amides is 1. The number of rotatable bonds is 3. The van der Waals surface area contributed by atoms with Gasteiger partial charge in [0.2, 0.25) is 0 Å². The highest BCUT2D eigenvalue weighted by molar-refractivity contribution is 5.95. The zero-order chi connectivity index (χ0) is 17.9. The third-order valence-corrected chi connectivity index (χ3v) is 5.39. The number of aryl methyl sites for hydroxylation is 1. The summed E-state index contributed by atoms with van der Waals surface area (Å²) < 4.78 is 6.00. The molecule has 2 atom stereocenters. The molecule has 4 rings (SSSR count). The number of hydrogen-bond acceptors (Lipinski definition) is 5. The van der Waals surface area contributed by atoms with Crippen LogP contribution in [0.4, 0.5) is 0 Å². The fourth-order valence-electron chi connectivity index (χ4n) is 3.90. The molecule has 2 fully saturated rings. The number of carbonyl (C=O) groups is 1. The van der Waals surface area contributed by atoms with Crippen LogP contribution in [0.1, 0.15) is 27.9 Å². The van der Waals surface area contributed by atoms with E-state index in [-0.39, 0.29) is 18.1 Å². The van der Waals surface area contributed by atoms with Crippen LogP contribution in [0.25, 0.3) is 0 Å². The molecule has 0 N–H and O–H groups in total. The van der Waals surface area contributed by atoms with Crippen molar-refractivity contribution in [3.63, 3.8) is 0 Å². The Hall–Kier alpha value is -2.31. The lowest BCUT2D eigenvalue weighted by atomic mass is 9.97. The Morgan fingerprint density at radius 2 is 2.00 bits per heavy atom. The maximum absolute atomic E-state index is 13.0. The van der Waals surface area contributed by atoms with Gasteiger partial charge in [-0.15, -0.1) is 0 Å². The van der Waals surface area contributed by atoms with Gasteiger partial charge in [-0.3, -0.25) is 19.7 Å². The number of nitrogens with zero attached hydrogens (tertiary/aromatic N) is 4. The molecule has 2 aliphatic heterocycles. The minimum Gasteiger partial charge on any atom is -0.375 e. The molecule has 2 aromatic rings. The fraction of sp³-hybridized carbons (Fsp3) is 0.450. The van der Waals surface area contributed by atoms with E-state index in [0.717, 1.165) is 38.2 Å². The van der Waals surface area contributed by atoms with Gasteiger partial charge in [0.1, 0.15) is 0 Å². The Morgan fingerprint density at radius 1 is 1.19 bits per heavy atom. The largest absolute Gasteiger partial charge is 0.375 e. The third kappa shape index (κ3) is 3.48. The van der Waals surface area contributed by atoms with Gasteiger partial charge in [-0.2, -0.15) is 0 Å². The summed E-state index contributed by atoms with van der Waals surface area (Å²) in [6, 6.07) is 6.22. The summed E-state index contributed by atoms with van der Waals surface area (Å²) in [6.45, 7) is 5.89. The first-order valence-corrected chi connectivity index (χ1v) is 9.17. The standard InChI is InChI=1S/C20H24N4O2/c1-15-2-6-22-12-17(15)20(25)24-9-5-19-18(14-24)23(10-11-26-19)13-16-3-7-21-8-4-16/h2-4,6-8,12,18-19H,5,9-11,13-14H2,1H3/t18-,19-/m1/s1. The van der Waals surface area contributed by atoms with E-state index in [9.17, 15) is 4.79 Å². The summed E-state index contributed by atoms with van der Waals surface area (Å²) in [4.78, 5) is 25.6. The topological polar surface area (TPSA) is 58.6 Å². The molecule has 2 aromatic heterocycles. The molecule has 136 valence electrons. The molecule has 26 heavy (non-hydrogen) atoms. The first-order chi connectivity index (χ1) is 12.7. The van der Waals surface area contributed by atoms with E-state index in [2.05, 4.69) is 27.0 Å². The molecule has 0 aliphatic carbocycles. The predicted molar refractivity (Wildman–Crippen MR) is 97.7 cm³/mol. The van der Waals surface area contributed by atoms with Crippen LogP contribution in [0.15, 0.2) is 43.0 Å². The number of hydrogen-bond donors (Lipinski definition) is 0. The van der Waals surface area contributed by atoms with Crippen LogP contribution >= 0.6 is 0 Å². The van der Waals surface area contributed by atoms with Crippen LogP contribution in [-0.4, -0.2) is 64.1 Å². The summed E-state index contributed by atoms with van der Waals surface area (Å²) in [7, 11) is 0. The maximum Gasteiger partial charge on any atom is 0.255 e. The predicted octanol–water partition coefficient (Wildman–Crippen LogP) is 1.90. The number of piperidine rings is 1. The molecule has 2 aliphatic rings. The second-order valence-electron chi connectivity index (χ2n) is 7.03. The SMILES string of the molecule is Cc1ccncc1C(=O)N1CC[C@H]2OCCN(Cc3ccncc3)[C@@H]2C1. The monoisotopic (exact) mass is 352 g/mol. The molecule has 6 nitrogen and oxygen atoms in total. The lowest BCUT2D eigenvalue weighted by molar-refractivity contribution is -0.101. The summed E-state index contributed by atoms with van der Waals surface area (Å²) >= 11 is 0. The summed E-state index contributed by atoms with van der Waals surface area (Å²) in [5.41, 5.74) is 2.91. The van der Waals surface area contributed by atoms with Crippen LogP contribution in [0, 0.1) is 6.92 Å². The zero-order valence-electron chi connectivity index (χ0n) is 15.0. The van der Waals surface area contributed by atoms with E-state index < -0.39 is 0 Å². The van der Waals surface area contributed by atoms with Gasteiger partial charge >= 0.3 is 0 Å². The van der Waals surface area contributed by atoms with Crippen LogP contribution < -0.4 is 0 Å². The van der Waals surface area contributed by atoms with E-state index >= 15 is 0 Å². The van der Waals surface area contributed by atoms with Gasteiger partial charge in [-0.05, 0) is 42.7 Å². The van der Waals surface area contributed by atoms with Crippen LogP contribution in [-0.2, 0) is 11.3 Å². The normalized spacial score (nSPS) is 23.5. The van der Waals surface area contributed by atoms with E-state index in [0.29, 0.717) is 12.1 Å². The van der Waals surface area contributed by atoms with Crippen LogP contribution in [0.2, 0.25) is 0 Å². The average Bonchev–Trinajstić information content (AvgIpc) is 2.69. The van der Waals surface area contributed by atoms with Gasteiger partial charge < -0.3 is 9.64 Å². The highest BCUT2D eigenvalue weighted by Crippen LogP contribution is 2.26. The molecule has 1 amide bonds. The number of carbonyl (C=O) groups excluding carboxylic acids is 1. The molecular formula is C20H24N4O2. The molecule has 0 aromatic carbocycles. The second-order valence-corrected chi connectivity index (χ2v) is 7.03. The van der Waals surface area contributed by atoms with Crippen LogP contribution in [0.5, 0.6) is 0 Å².